The summed E-state index contributed by atoms with van der Waals surface area (Å²) >= 11 is 0. The van der Waals surface area contributed by atoms with E-state index in [-0.39, 0.29) is 26.0 Å². The van der Waals surface area contributed by atoms with Gasteiger partial charge in [-0.05, 0) is 0 Å². The lowest BCUT2D eigenvalue weighted by Crippen LogP contribution is -1.50. The van der Waals surface area contributed by atoms with Crippen LogP contribution in [0.5, 0.6) is 0 Å². The molecule has 0 spiro atoms. The Bertz CT molecular complexity index is 11.6. The molecule has 0 radical (unpaired) electrons. The van der Waals surface area contributed by atoms with E-state index >= 15 is 0 Å². The molecule has 0 saturated heterocycles. The van der Waals surface area contributed by atoms with Crippen LogP contribution in [-0.4, -0.2) is 12.0 Å². The summed E-state index contributed by atoms with van der Waals surface area (Å²) < 4.78 is 4.12. The lowest BCUT2D eigenvalue weighted by molar-refractivity contribution is 0.413. The third kappa shape index (κ3) is 11.6. The molecule has 0 heterocycles. The zero-order valence-corrected chi connectivity index (χ0v) is 5.48. The first-order valence-electron chi connectivity index (χ1n) is 0.836. The van der Waals surface area contributed by atoms with Gasteiger partial charge >= 0.3 is 0 Å². The normalized spacial score (nSPS) is 8.40. The van der Waals surface area contributed by atoms with E-state index in [1.807, 2.05) is 0 Å². The molecular weight excluding hydrogens is 155 g/mol. The Morgan fingerprint density at radius 3 is 2.00 bits per heavy atom. The molecule has 0 aliphatic carbocycles. The van der Waals surface area contributed by atoms with Gasteiger partial charge in [-0.1, -0.05) is 0 Å². The van der Waals surface area contributed by atoms with Gasteiger partial charge < -0.3 is 9.42 Å². The molecule has 4 heteroatoms. The molecule has 0 amide bonds. The van der Waals surface area contributed by atoms with Crippen molar-refractivity contribution in [2.24, 2.45) is 0 Å². The van der Waals surface area contributed by atoms with Gasteiger partial charge in [0.05, 0.1) is 0 Å². The van der Waals surface area contributed by atoms with Crippen LogP contribution in [0.3, 0.4) is 0 Å². The minimum atomic E-state index is -0.360. The van der Waals surface area contributed by atoms with Crippen LogP contribution in [0.15, 0.2) is 0 Å². The first-order valence-corrected chi connectivity index (χ1v) is 1.69. The van der Waals surface area contributed by atoms with E-state index in [1.165, 1.54) is 7.11 Å². The summed E-state index contributed by atoms with van der Waals surface area (Å²) in [5, 5.41) is 0. The summed E-state index contributed by atoms with van der Waals surface area (Å²) in [5.41, 5.74) is 0. The van der Waals surface area contributed by atoms with Gasteiger partial charge in [-0.2, -0.15) is 0 Å². The first kappa shape index (κ1) is 9.27. The van der Waals surface area contributed by atoms with E-state index < -0.39 is 0 Å². The van der Waals surface area contributed by atoms with Crippen molar-refractivity contribution in [1.82, 2.24) is 0 Å². The SMILES string of the molecule is Br.COPO. The van der Waals surface area contributed by atoms with Crippen molar-refractivity contribution in [1.29, 1.82) is 0 Å². The Morgan fingerprint density at radius 1 is 1.80 bits per heavy atom. The lowest BCUT2D eigenvalue weighted by Gasteiger charge is -1.75. The Hall–Kier alpha value is 0.830. The molecule has 0 aliphatic heterocycles. The third-order valence-corrected chi connectivity index (χ3v) is 0.274. The van der Waals surface area contributed by atoms with Crippen molar-refractivity contribution in [3.8, 4) is 0 Å². The smallest absolute Gasteiger partial charge is 0.151 e. The van der Waals surface area contributed by atoms with Crippen LogP contribution in [0.4, 0.5) is 0 Å². The van der Waals surface area contributed by atoms with Crippen LogP contribution < -0.4 is 0 Å². The lowest BCUT2D eigenvalue weighted by atomic mass is 11.8. The second-order valence-corrected chi connectivity index (χ2v) is 0.886. The topological polar surface area (TPSA) is 29.5 Å². The molecule has 2 nitrogen and oxygen atoms in total. The van der Waals surface area contributed by atoms with Crippen LogP contribution in [0.2, 0.25) is 0 Å². The van der Waals surface area contributed by atoms with E-state index in [2.05, 4.69) is 4.52 Å². The van der Waals surface area contributed by atoms with E-state index in [0.717, 1.165) is 0 Å². The van der Waals surface area contributed by atoms with Crippen LogP contribution in [0.25, 0.3) is 0 Å². The minimum Gasteiger partial charge on any atom is -0.352 e. The fraction of sp³-hybridized carbons (Fsp3) is 1.00. The molecule has 0 saturated carbocycles. The number of halogens is 1. The molecule has 34 valence electrons. The predicted octanol–water partition coefficient (Wildman–Crippen LogP) is 0.711. The molecule has 1 unspecified atom stereocenters. The standard InChI is InChI=1S/CH5O2P.BrH/c1-3-4-2;/h2,4H,1H3;1H. The van der Waals surface area contributed by atoms with Gasteiger partial charge in [0.15, 0.2) is 9.03 Å². The highest BCUT2D eigenvalue weighted by molar-refractivity contribution is 8.93. The second kappa shape index (κ2) is 8.85. The zero-order valence-electron chi connectivity index (χ0n) is 2.76. The van der Waals surface area contributed by atoms with Gasteiger partial charge in [-0.15, -0.1) is 17.0 Å². The highest BCUT2D eigenvalue weighted by atomic mass is 79.9. The minimum absolute atomic E-state index is 0. The summed E-state index contributed by atoms with van der Waals surface area (Å²) in [4.78, 5) is 7.68. The van der Waals surface area contributed by atoms with Gasteiger partial charge in [-0.3, -0.25) is 0 Å². The highest BCUT2D eigenvalue weighted by Crippen LogP contribution is 1.95. The van der Waals surface area contributed by atoms with Crippen molar-refractivity contribution in [2.75, 3.05) is 7.11 Å². The maximum absolute atomic E-state index is 7.68. The Kier molecular flexibility index (Phi) is 16.4. The molecule has 0 fully saturated rings. The molecule has 0 rings (SSSR count). The van der Waals surface area contributed by atoms with Crippen LogP contribution >= 0.6 is 26.0 Å². The molecule has 0 aromatic rings. The van der Waals surface area contributed by atoms with E-state index in [0.29, 0.717) is 0 Å². The summed E-state index contributed by atoms with van der Waals surface area (Å²) in [6, 6.07) is 0. The first-order chi connectivity index (χ1) is 1.91. The predicted molar refractivity (Wildman–Crippen MR) is 27.9 cm³/mol. The molecular formula is CH6BrO2P. The Balaban J connectivity index is 0. The Labute approximate surface area is 43.2 Å². The van der Waals surface area contributed by atoms with Gasteiger partial charge in [0.25, 0.3) is 0 Å². The monoisotopic (exact) mass is 160 g/mol. The van der Waals surface area contributed by atoms with E-state index in [4.69, 9.17) is 4.89 Å². The largest absolute Gasteiger partial charge is 0.352 e. The molecule has 0 bridgehead atoms. The maximum Gasteiger partial charge on any atom is 0.151 e. The molecule has 1 N–H and O–H groups in total. The number of rotatable bonds is 1. The Morgan fingerprint density at radius 2 is 2.00 bits per heavy atom. The third-order valence-electron chi connectivity index (χ3n) is 0.0913. The molecule has 1 atom stereocenters. The molecule has 0 aliphatic rings. The zero-order chi connectivity index (χ0) is 3.41. The maximum atomic E-state index is 7.68. The number of hydrogen-bond donors (Lipinski definition) is 1. The molecule has 0 aromatic carbocycles. The van der Waals surface area contributed by atoms with Gasteiger partial charge in [-0.25, -0.2) is 0 Å². The van der Waals surface area contributed by atoms with Crippen LogP contribution in [0, 0.1) is 0 Å². The van der Waals surface area contributed by atoms with Crippen molar-refractivity contribution >= 4 is 26.0 Å². The summed E-state index contributed by atoms with van der Waals surface area (Å²) in [5.74, 6) is 0. The quantitative estimate of drug-likeness (QED) is 0.573. The molecule has 0 aromatic heterocycles. The van der Waals surface area contributed by atoms with Crippen LogP contribution in [0.1, 0.15) is 0 Å². The van der Waals surface area contributed by atoms with Crippen molar-refractivity contribution in [2.45, 2.75) is 0 Å². The average Bonchev–Trinajstić information content (AvgIpc) is 1.37. The van der Waals surface area contributed by atoms with E-state index in [1.54, 1.807) is 0 Å². The van der Waals surface area contributed by atoms with Gasteiger partial charge in [0.2, 0.25) is 0 Å². The number of hydrogen-bond acceptors (Lipinski definition) is 2. The molecule has 5 heavy (non-hydrogen) atoms. The van der Waals surface area contributed by atoms with Gasteiger partial charge in [0, 0.05) is 7.11 Å². The average molecular weight is 161 g/mol. The summed E-state index contributed by atoms with van der Waals surface area (Å²) in [6.07, 6.45) is 0. The fourth-order valence-corrected chi connectivity index (χ4v) is 0. The van der Waals surface area contributed by atoms with E-state index in [9.17, 15) is 0 Å². The summed E-state index contributed by atoms with van der Waals surface area (Å²) in [6.45, 7) is 0. The second-order valence-electron chi connectivity index (χ2n) is 0.295. The highest BCUT2D eigenvalue weighted by Gasteiger charge is 1.53. The fourth-order valence-electron chi connectivity index (χ4n) is 0. The van der Waals surface area contributed by atoms with Crippen molar-refractivity contribution in [3.05, 3.63) is 0 Å². The summed E-state index contributed by atoms with van der Waals surface area (Å²) in [7, 11) is 1.08. The van der Waals surface area contributed by atoms with Gasteiger partial charge in [0.1, 0.15) is 0 Å². The van der Waals surface area contributed by atoms with Crippen LogP contribution in [-0.2, 0) is 4.52 Å². The van der Waals surface area contributed by atoms with Crippen molar-refractivity contribution in [3.63, 3.8) is 0 Å². The van der Waals surface area contributed by atoms with Crippen molar-refractivity contribution < 1.29 is 9.42 Å².